The van der Waals surface area contributed by atoms with Gasteiger partial charge in [-0.05, 0) is 36.2 Å². The monoisotopic (exact) mass is 341 g/mol. The van der Waals surface area contributed by atoms with Crippen LogP contribution in [0.15, 0.2) is 42.6 Å². The van der Waals surface area contributed by atoms with Gasteiger partial charge in [-0.2, -0.15) is 0 Å². The number of nitrogens with one attached hydrogen (secondary N) is 1. The summed E-state index contributed by atoms with van der Waals surface area (Å²) in [4.78, 5) is 18.7. The zero-order valence-corrected chi connectivity index (χ0v) is 14.4. The molecule has 1 aromatic carbocycles. The van der Waals surface area contributed by atoms with Crippen LogP contribution < -0.4 is 15.0 Å². The van der Waals surface area contributed by atoms with Gasteiger partial charge in [0.1, 0.15) is 11.4 Å². The van der Waals surface area contributed by atoms with Gasteiger partial charge in [0.2, 0.25) is 0 Å². The van der Waals surface area contributed by atoms with Crippen LogP contribution in [0.1, 0.15) is 16.1 Å². The predicted molar refractivity (Wildman–Crippen MR) is 96.3 cm³/mol. The topological polar surface area (TPSA) is 63.7 Å². The lowest BCUT2D eigenvalue weighted by Gasteiger charge is -2.28. The Bertz CT molecular complexity index is 680. The number of nitrogens with zero attached hydrogens (tertiary/aromatic N) is 2. The van der Waals surface area contributed by atoms with Gasteiger partial charge in [0.15, 0.2) is 0 Å². The summed E-state index contributed by atoms with van der Waals surface area (Å²) in [6.07, 6.45) is 2.52. The third kappa shape index (κ3) is 4.70. The highest BCUT2D eigenvalue weighted by atomic mass is 16.5. The van der Waals surface area contributed by atoms with Gasteiger partial charge < -0.3 is 19.7 Å². The van der Waals surface area contributed by atoms with Gasteiger partial charge in [0.25, 0.3) is 5.91 Å². The second-order valence-corrected chi connectivity index (χ2v) is 5.86. The summed E-state index contributed by atoms with van der Waals surface area (Å²) in [6.45, 7) is 3.74. The standard InChI is InChI=1S/C19H23N3O3/c1-24-17-5-2-15(3-6-17)8-9-20-19(23)18-7-4-16(14-21-18)22-10-12-25-13-11-22/h2-7,14H,8-13H2,1H3,(H,20,23). The van der Waals surface area contributed by atoms with Crippen molar-refractivity contribution in [3.8, 4) is 5.75 Å². The van der Waals surface area contributed by atoms with Gasteiger partial charge in [-0.3, -0.25) is 4.79 Å². The molecule has 25 heavy (non-hydrogen) atoms. The number of amides is 1. The number of carbonyl (C=O) groups is 1. The quantitative estimate of drug-likeness (QED) is 0.869. The minimum Gasteiger partial charge on any atom is -0.497 e. The Balaban J connectivity index is 1.48. The average molecular weight is 341 g/mol. The van der Waals surface area contributed by atoms with Gasteiger partial charge in [-0.15, -0.1) is 0 Å². The van der Waals surface area contributed by atoms with E-state index >= 15 is 0 Å². The summed E-state index contributed by atoms with van der Waals surface area (Å²) in [7, 11) is 1.65. The van der Waals surface area contributed by atoms with E-state index < -0.39 is 0 Å². The van der Waals surface area contributed by atoms with Crippen molar-refractivity contribution in [2.24, 2.45) is 0 Å². The Morgan fingerprint density at radius 3 is 2.60 bits per heavy atom. The first-order valence-corrected chi connectivity index (χ1v) is 8.46. The Hall–Kier alpha value is -2.60. The largest absolute Gasteiger partial charge is 0.497 e. The van der Waals surface area contributed by atoms with Crippen molar-refractivity contribution in [1.29, 1.82) is 0 Å². The number of anilines is 1. The van der Waals surface area contributed by atoms with Crippen LogP contribution in [0.25, 0.3) is 0 Å². The maximum Gasteiger partial charge on any atom is 0.269 e. The number of ether oxygens (including phenoxy) is 2. The maximum atomic E-state index is 12.2. The Labute approximate surface area is 147 Å². The van der Waals surface area contributed by atoms with Gasteiger partial charge in [-0.1, -0.05) is 12.1 Å². The van der Waals surface area contributed by atoms with E-state index in [-0.39, 0.29) is 5.91 Å². The summed E-state index contributed by atoms with van der Waals surface area (Å²) < 4.78 is 10.5. The molecule has 0 saturated carbocycles. The van der Waals surface area contributed by atoms with Crippen LogP contribution in [0.3, 0.4) is 0 Å². The first-order chi connectivity index (χ1) is 12.3. The van der Waals surface area contributed by atoms with E-state index in [1.54, 1.807) is 19.4 Å². The van der Waals surface area contributed by atoms with Crippen molar-refractivity contribution in [2.45, 2.75) is 6.42 Å². The van der Waals surface area contributed by atoms with Crippen LogP contribution in [-0.2, 0) is 11.2 Å². The number of rotatable bonds is 6. The van der Waals surface area contributed by atoms with E-state index in [9.17, 15) is 4.79 Å². The molecular formula is C19H23N3O3. The van der Waals surface area contributed by atoms with Crippen LogP contribution in [-0.4, -0.2) is 50.8 Å². The smallest absolute Gasteiger partial charge is 0.269 e. The van der Waals surface area contributed by atoms with E-state index in [1.807, 2.05) is 30.3 Å². The van der Waals surface area contributed by atoms with Crippen molar-refractivity contribution in [1.82, 2.24) is 10.3 Å². The van der Waals surface area contributed by atoms with Crippen LogP contribution >= 0.6 is 0 Å². The molecule has 6 heteroatoms. The number of carbonyl (C=O) groups excluding carboxylic acids is 1. The van der Waals surface area contributed by atoms with Crippen molar-refractivity contribution in [2.75, 3.05) is 44.9 Å². The van der Waals surface area contributed by atoms with Crippen molar-refractivity contribution in [3.63, 3.8) is 0 Å². The summed E-state index contributed by atoms with van der Waals surface area (Å²) in [5, 5.41) is 2.91. The van der Waals surface area contributed by atoms with Gasteiger partial charge in [0, 0.05) is 19.6 Å². The summed E-state index contributed by atoms with van der Waals surface area (Å²) in [6, 6.07) is 11.6. The lowest BCUT2D eigenvalue weighted by molar-refractivity contribution is 0.0949. The molecule has 2 heterocycles. The number of aromatic nitrogens is 1. The molecule has 3 rings (SSSR count). The molecule has 0 bridgehead atoms. The highest BCUT2D eigenvalue weighted by molar-refractivity contribution is 5.92. The summed E-state index contributed by atoms with van der Waals surface area (Å²) in [5.41, 5.74) is 2.61. The van der Waals surface area contributed by atoms with Crippen LogP contribution in [0.4, 0.5) is 5.69 Å². The molecule has 0 radical (unpaired) electrons. The highest BCUT2D eigenvalue weighted by Gasteiger charge is 2.13. The Kier molecular flexibility index (Phi) is 5.85. The molecule has 1 aliphatic heterocycles. The molecule has 1 aromatic heterocycles. The molecule has 0 unspecified atom stereocenters. The molecule has 1 aliphatic rings. The van der Waals surface area contributed by atoms with Crippen LogP contribution in [0.5, 0.6) is 5.75 Å². The van der Waals surface area contributed by atoms with Crippen molar-refractivity contribution >= 4 is 11.6 Å². The Morgan fingerprint density at radius 1 is 1.20 bits per heavy atom. The molecule has 6 nitrogen and oxygen atoms in total. The number of pyridine rings is 1. The molecule has 0 aliphatic carbocycles. The molecule has 0 atom stereocenters. The van der Waals surface area contributed by atoms with Gasteiger partial charge in [0.05, 0.1) is 32.2 Å². The van der Waals surface area contributed by atoms with E-state index in [0.29, 0.717) is 12.2 Å². The minimum atomic E-state index is -0.151. The molecule has 2 aromatic rings. The van der Waals surface area contributed by atoms with Gasteiger partial charge >= 0.3 is 0 Å². The second-order valence-electron chi connectivity index (χ2n) is 5.86. The van der Waals surface area contributed by atoms with Gasteiger partial charge in [-0.25, -0.2) is 4.98 Å². The lowest BCUT2D eigenvalue weighted by Crippen LogP contribution is -2.36. The number of morpholine rings is 1. The first-order valence-electron chi connectivity index (χ1n) is 8.46. The number of hydrogen-bond donors (Lipinski definition) is 1. The van der Waals surface area contributed by atoms with Crippen LogP contribution in [0, 0.1) is 0 Å². The molecular weight excluding hydrogens is 318 g/mol. The zero-order chi connectivity index (χ0) is 17.5. The number of hydrogen-bond acceptors (Lipinski definition) is 5. The lowest BCUT2D eigenvalue weighted by atomic mass is 10.1. The molecule has 1 N–H and O–H groups in total. The van der Waals surface area contributed by atoms with E-state index in [0.717, 1.165) is 49.7 Å². The highest BCUT2D eigenvalue weighted by Crippen LogP contribution is 2.15. The van der Waals surface area contributed by atoms with E-state index in [4.69, 9.17) is 9.47 Å². The zero-order valence-electron chi connectivity index (χ0n) is 14.4. The van der Waals surface area contributed by atoms with E-state index in [1.165, 1.54) is 0 Å². The maximum absolute atomic E-state index is 12.2. The minimum absolute atomic E-state index is 0.151. The normalized spacial score (nSPS) is 14.2. The third-order valence-corrected chi connectivity index (χ3v) is 4.22. The Morgan fingerprint density at radius 2 is 1.96 bits per heavy atom. The van der Waals surface area contributed by atoms with Crippen molar-refractivity contribution < 1.29 is 14.3 Å². The molecule has 0 spiro atoms. The number of benzene rings is 1. The second kappa shape index (κ2) is 8.48. The first kappa shape index (κ1) is 17.2. The fourth-order valence-electron chi connectivity index (χ4n) is 2.73. The fraction of sp³-hybridized carbons (Fsp3) is 0.368. The average Bonchev–Trinajstić information content (AvgIpc) is 2.69. The predicted octanol–water partition coefficient (Wildman–Crippen LogP) is 1.90. The van der Waals surface area contributed by atoms with Crippen LogP contribution in [0.2, 0.25) is 0 Å². The molecule has 1 amide bonds. The van der Waals surface area contributed by atoms with E-state index in [2.05, 4.69) is 15.2 Å². The molecule has 132 valence electrons. The molecule has 1 fully saturated rings. The molecule has 1 saturated heterocycles. The SMILES string of the molecule is COc1ccc(CCNC(=O)c2ccc(N3CCOCC3)cn2)cc1. The summed E-state index contributed by atoms with van der Waals surface area (Å²) in [5.74, 6) is 0.680. The third-order valence-electron chi connectivity index (χ3n) is 4.22. The summed E-state index contributed by atoms with van der Waals surface area (Å²) >= 11 is 0. The number of methoxy groups -OCH3 is 1. The fourth-order valence-corrected chi connectivity index (χ4v) is 2.73. The van der Waals surface area contributed by atoms with Crippen molar-refractivity contribution in [3.05, 3.63) is 53.9 Å².